The summed E-state index contributed by atoms with van der Waals surface area (Å²) in [5, 5.41) is 9.82. The van der Waals surface area contributed by atoms with E-state index in [1.165, 1.54) is 11.3 Å². The quantitative estimate of drug-likeness (QED) is 0.705. The largest absolute Gasteiger partial charge is 0.330 e. The molecule has 0 saturated carbocycles. The molecule has 0 radical (unpaired) electrons. The average Bonchev–Trinajstić information content (AvgIpc) is 2.99. The van der Waals surface area contributed by atoms with Gasteiger partial charge in [0.1, 0.15) is 17.1 Å². The summed E-state index contributed by atoms with van der Waals surface area (Å²) >= 11 is 1.38. The molecule has 19 heavy (non-hydrogen) atoms. The molecule has 0 saturated heterocycles. The highest BCUT2D eigenvalue weighted by Gasteiger charge is 2.07. The zero-order valence-electron chi connectivity index (χ0n) is 10.0. The van der Waals surface area contributed by atoms with E-state index in [1.807, 2.05) is 17.6 Å². The van der Waals surface area contributed by atoms with Crippen molar-refractivity contribution >= 4 is 21.6 Å². The third-order valence-corrected chi connectivity index (χ3v) is 3.56. The average molecular weight is 276 g/mol. The molecule has 0 atom stereocenters. The normalized spacial score (nSPS) is 11.2. The molecule has 0 unspecified atom stereocenters. The summed E-state index contributed by atoms with van der Waals surface area (Å²) in [6.45, 7) is 0.924. The lowest BCUT2D eigenvalue weighted by Gasteiger charge is -2.00. The highest BCUT2D eigenvalue weighted by Crippen LogP contribution is 2.13. The van der Waals surface area contributed by atoms with Crippen LogP contribution in [0, 0.1) is 0 Å². The van der Waals surface area contributed by atoms with Crippen LogP contribution in [0.4, 0.5) is 0 Å². The standard InChI is InChI=1S/C11H12N6OS/c12-3-1-7-5-17(16-15-7)6-9-13-8-2-4-19-10(8)11(18)14-9/h2,4-5H,1,3,6,12H2,(H,13,14,18). The van der Waals surface area contributed by atoms with Gasteiger partial charge in [-0.15, -0.1) is 16.4 Å². The Morgan fingerprint density at radius 2 is 2.37 bits per heavy atom. The van der Waals surface area contributed by atoms with Gasteiger partial charge in [0.15, 0.2) is 0 Å². The second-order valence-corrected chi connectivity index (χ2v) is 5.01. The molecule has 0 fully saturated rings. The minimum absolute atomic E-state index is 0.114. The number of fused-ring (bicyclic) bond motifs is 1. The van der Waals surface area contributed by atoms with Crippen molar-refractivity contribution in [1.82, 2.24) is 25.0 Å². The van der Waals surface area contributed by atoms with Crippen LogP contribution in [-0.4, -0.2) is 31.5 Å². The van der Waals surface area contributed by atoms with Crippen LogP contribution in [0.2, 0.25) is 0 Å². The fraction of sp³-hybridized carbons (Fsp3) is 0.273. The molecule has 0 aliphatic heterocycles. The van der Waals surface area contributed by atoms with Crippen molar-refractivity contribution in [3.8, 4) is 0 Å². The van der Waals surface area contributed by atoms with Crippen molar-refractivity contribution in [2.45, 2.75) is 13.0 Å². The van der Waals surface area contributed by atoms with Crippen molar-refractivity contribution < 1.29 is 0 Å². The second-order valence-electron chi connectivity index (χ2n) is 4.09. The van der Waals surface area contributed by atoms with Crippen LogP contribution in [0.15, 0.2) is 22.4 Å². The predicted molar refractivity (Wildman–Crippen MR) is 72.1 cm³/mol. The maximum Gasteiger partial charge on any atom is 0.268 e. The lowest BCUT2D eigenvalue weighted by atomic mass is 10.3. The van der Waals surface area contributed by atoms with Gasteiger partial charge in [-0.25, -0.2) is 9.67 Å². The zero-order chi connectivity index (χ0) is 13.2. The Kier molecular flexibility index (Phi) is 3.10. The number of aromatic amines is 1. The van der Waals surface area contributed by atoms with Crippen LogP contribution < -0.4 is 11.3 Å². The first kappa shape index (κ1) is 12.0. The third kappa shape index (κ3) is 2.40. The molecule has 0 bridgehead atoms. The molecular weight excluding hydrogens is 264 g/mol. The predicted octanol–water partition coefficient (Wildman–Crippen LogP) is 0.126. The fourth-order valence-corrected chi connectivity index (χ4v) is 2.55. The molecule has 0 aromatic carbocycles. The van der Waals surface area contributed by atoms with Gasteiger partial charge in [-0.3, -0.25) is 4.79 Å². The Labute approximate surface area is 112 Å². The van der Waals surface area contributed by atoms with E-state index in [4.69, 9.17) is 5.73 Å². The summed E-state index contributed by atoms with van der Waals surface area (Å²) in [7, 11) is 0. The molecule has 3 heterocycles. The fourth-order valence-electron chi connectivity index (χ4n) is 1.83. The zero-order valence-corrected chi connectivity index (χ0v) is 10.9. The summed E-state index contributed by atoms with van der Waals surface area (Å²) < 4.78 is 2.28. The van der Waals surface area contributed by atoms with E-state index in [0.717, 1.165) is 5.69 Å². The van der Waals surface area contributed by atoms with Gasteiger partial charge < -0.3 is 10.7 Å². The lowest BCUT2D eigenvalue weighted by Crippen LogP contribution is -2.13. The van der Waals surface area contributed by atoms with Gasteiger partial charge >= 0.3 is 0 Å². The molecule has 0 aliphatic carbocycles. The van der Waals surface area contributed by atoms with E-state index in [2.05, 4.69) is 20.3 Å². The summed E-state index contributed by atoms with van der Waals surface area (Å²) in [6, 6.07) is 1.83. The number of nitrogens with two attached hydrogens (primary N) is 1. The van der Waals surface area contributed by atoms with Crippen LogP contribution in [0.1, 0.15) is 11.5 Å². The first-order chi connectivity index (χ1) is 9.26. The van der Waals surface area contributed by atoms with Crippen LogP contribution in [-0.2, 0) is 13.0 Å². The Hall–Kier alpha value is -2.06. The minimum Gasteiger partial charge on any atom is -0.330 e. The van der Waals surface area contributed by atoms with Gasteiger partial charge in [-0.1, -0.05) is 5.21 Å². The monoisotopic (exact) mass is 276 g/mol. The molecule has 3 rings (SSSR count). The van der Waals surface area contributed by atoms with Crippen molar-refractivity contribution in [3.63, 3.8) is 0 Å². The number of H-pyrrole nitrogens is 1. The van der Waals surface area contributed by atoms with Gasteiger partial charge in [-0.05, 0) is 18.0 Å². The van der Waals surface area contributed by atoms with E-state index in [9.17, 15) is 4.79 Å². The Bertz CT molecular complexity index is 758. The van der Waals surface area contributed by atoms with Gasteiger partial charge in [0, 0.05) is 12.6 Å². The molecule has 0 amide bonds. The first-order valence-electron chi connectivity index (χ1n) is 5.82. The number of nitrogens with zero attached hydrogens (tertiary/aromatic N) is 4. The highest BCUT2D eigenvalue weighted by atomic mass is 32.1. The number of aromatic nitrogens is 5. The number of hydrogen-bond donors (Lipinski definition) is 2. The molecule has 3 aromatic rings. The molecule has 0 aliphatic rings. The molecule has 3 aromatic heterocycles. The topological polar surface area (TPSA) is 102 Å². The summed E-state index contributed by atoms with van der Waals surface area (Å²) in [4.78, 5) is 19.0. The van der Waals surface area contributed by atoms with Crippen molar-refractivity contribution in [2.75, 3.05) is 6.54 Å². The van der Waals surface area contributed by atoms with Crippen LogP contribution in [0.3, 0.4) is 0 Å². The van der Waals surface area contributed by atoms with Gasteiger partial charge in [0.25, 0.3) is 5.56 Å². The smallest absolute Gasteiger partial charge is 0.268 e. The Morgan fingerprint density at radius 1 is 1.47 bits per heavy atom. The number of rotatable bonds is 4. The van der Waals surface area contributed by atoms with E-state index in [-0.39, 0.29) is 5.56 Å². The second kappa shape index (κ2) is 4.90. The minimum atomic E-state index is -0.114. The van der Waals surface area contributed by atoms with E-state index in [1.54, 1.807) is 4.68 Å². The van der Waals surface area contributed by atoms with Gasteiger partial charge in [-0.2, -0.15) is 0 Å². The molecule has 7 nitrogen and oxygen atoms in total. The van der Waals surface area contributed by atoms with Crippen LogP contribution >= 0.6 is 11.3 Å². The maximum atomic E-state index is 11.8. The van der Waals surface area contributed by atoms with Gasteiger partial charge in [0.05, 0.1) is 11.2 Å². The maximum absolute atomic E-state index is 11.8. The van der Waals surface area contributed by atoms with E-state index < -0.39 is 0 Å². The number of hydrogen-bond acceptors (Lipinski definition) is 6. The summed E-state index contributed by atoms with van der Waals surface area (Å²) in [5.74, 6) is 0.570. The van der Waals surface area contributed by atoms with E-state index >= 15 is 0 Å². The molecule has 3 N–H and O–H groups in total. The molecule has 8 heteroatoms. The highest BCUT2D eigenvalue weighted by molar-refractivity contribution is 7.17. The van der Waals surface area contributed by atoms with Crippen LogP contribution in [0.5, 0.6) is 0 Å². The first-order valence-corrected chi connectivity index (χ1v) is 6.69. The Balaban J connectivity index is 1.89. The summed E-state index contributed by atoms with van der Waals surface area (Å²) in [6.07, 6.45) is 2.50. The molecule has 0 spiro atoms. The van der Waals surface area contributed by atoms with Crippen molar-refractivity contribution in [2.24, 2.45) is 5.73 Å². The lowest BCUT2D eigenvalue weighted by molar-refractivity contribution is 0.625. The van der Waals surface area contributed by atoms with Crippen LogP contribution in [0.25, 0.3) is 10.2 Å². The van der Waals surface area contributed by atoms with Crippen molar-refractivity contribution in [1.29, 1.82) is 0 Å². The molecular formula is C11H12N6OS. The molecule has 98 valence electrons. The van der Waals surface area contributed by atoms with E-state index in [0.29, 0.717) is 35.6 Å². The number of thiophene rings is 1. The van der Waals surface area contributed by atoms with Gasteiger partial charge in [0.2, 0.25) is 0 Å². The van der Waals surface area contributed by atoms with Crippen molar-refractivity contribution in [3.05, 3.63) is 39.5 Å². The Morgan fingerprint density at radius 3 is 3.21 bits per heavy atom. The summed E-state index contributed by atoms with van der Waals surface area (Å²) in [5.41, 5.74) is 6.89. The number of nitrogens with one attached hydrogen (secondary N) is 1. The third-order valence-electron chi connectivity index (χ3n) is 2.66. The SMILES string of the molecule is NCCc1cn(Cc2nc3ccsc3c(=O)[nH]2)nn1.